The lowest BCUT2D eigenvalue weighted by Crippen LogP contribution is -2.49. The molecule has 3 unspecified atom stereocenters. The van der Waals surface area contributed by atoms with Gasteiger partial charge in [-0.05, 0) is 17.9 Å². The Kier molecular flexibility index (Phi) is 6.22. The van der Waals surface area contributed by atoms with Gasteiger partial charge in [-0.3, -0.25) is 9.59 Å². The molecule has 103 valence electrons. The van der Waals surface area contributed by atoms with Crippen LogP contribution in [0.4, 0.5) is 0 Å². The van der Waals surface area contributed by atoms with E-state index in [2.05, 4.69) is 5.32 Å². The standard InChI is InChI=1S/C15H21N2O2/c1-3-11(2)14(10-18)17-15(19)13(16)9-12-7-5-4-6-8-12/h4-8,11,13-14H,3,9,16H2,1-2H3,(H,17,19). The summed E-state index contributed by atoms with van der Waals surface area (Å²) in [6.45, 7) is 3.86. The minimum atomic E-state index is -0.651. The second kappa shape index (κ2) is 7.69. The molecule has 1 aromatic rings. The summed E-state index contributed by atoms with van der Waals surface area (Å²) in [7, 11) is 0. The maximum absolute atomic E-state index is 11.9. The van der Waals surface area contributed by atoms with Crippen LogP contribution in [-0.4, -0.2) is 24.3 Å². The average molecular weight is 261 g/mol. The molecule has 0 saturated carbocycles. The van der Waals surface area contributed by atoms with Crippen molar-refractivity contribution in [2.75, 3.05) is 0 Å². The van der Waals surface area contributed by atoms with Gasteiger partial charge in [-0.2, -0.15) is 0 Å². The van der Waals surface area contributed by atoms with Crippen LogP contribution in [0.15, 0.2) is 30.3 Å². The molecule has 0 aromatic heterocycles. The Labute approximate surface area is 114 Å². The summed E-state index contributed by atoms with van der Waals surface area (Å²) in [6, 6.07) is 8.33. The summed E-state index contributed by atoms with van der Waals surface area (Å²) >= 11 is 0. The van der Waals surface area contributed by atoms with E-state index in [0.29, 0.717) is 6.42 Å². The smallest absolute Gasteiger partial charge is 0.237 e. The molecule has 1 aromatic carbocycles. The highest BCUT2D eigenvalue weighted by molar-refractivity contribution is 5.84. The molecule has 0 bridgehead atoms. The van der Waals surface area contributed by atoms with Crippen molar-refractivity contribution >= 4 is 12.2 Å². The summed E-state index contributed by atoms with van der Waals surface area (Å²) in [5.41, 5.74) is 6.85. The number of carbonyl (C=O) groups excluding carboxylic acids is 2. The monoisotopic (exact) mass is 261 g/mol. The third kappa shape index (κ3) is 4.83. The molecule has 0 aliphatic heterocycles. The molecular formula is C15H21N2O2. The van der Waals surface area contributed by atoms with Gasteiger partial charge >= 0.3 is 0 Å². The van der Waals surface area contributed by atoms with Gasteiger partial charge in [-0.15, -0.1) is 0 Å². The molecule has 3 N–H and O–H groups in total. The molecule has 4 heteroatoms. The number of hydrogen-bond acceptors (Lipinski definition) is 3. The van der Waals surface area contributed by atoms with E-state index < -0.39 is 12.1 Å². The fraction of sp³-hybridized carbons (Fsp3) is 0.467. The summed E-state index contributed by atoms with van der Waals surface area (Å²) in [6.07, 6.45) is 3.12. The van der Waals surface area contributed by atoms with Crippen molar-refractivity contribution in [3.8, 4) is 0 Å². The van der Waals surface area contributed by atoms with E-state index >= 15 is 0 Å². The fourth-order valence-electron chi connectivity index (χ4n) is 1.74. The highest BCUT2D eigenvalue weighted by Crippen LogP contribution is 2.07. The van der Waals surface area contributed by atoms with Crippen molar-refractivity contribution in [2.24, 2.45) is 11.7 Å². The number of nitrogens with one attached hydrogen (secondary N) is 1. The summed E-state index contributed by atoms with van der Waals surface area (Å²) in [5, 5.41) is 2.65. The normalized spacial score (nSPS) is 15.3. The lowest BCUT2D eigenvalue weighted by Gasteiger charge is -2.20. The minimum absolute atomic E-state index is 0.0605. The van der Waals surface area contributed by atoms with Gasteiger partial charge in [0.2, 0.25) is 12.2 Å². The number of carbonyl (C=O) groups is 1. The summed E-state index contributed by atoms with van der Waals surface area (Å²) < 4.78 is 0. The van der Waals surface area contributed by atoms with Crippen LogP contribution in [0.1, 0.15) is 25.8 Å². The highest BCUT2D eigenvalue weighted by Gasteiger charge is 2.22. The molecule has 0 aliphatic carbocycles. The maximum atomic E-state index is 11.9. The van der Waals surface area contributed by atoms with E-state index in [1.54, 1.807) is 0 Å². The predicted octanol–water partition coefficient (Wildman–Crippen LogP) is 1.20. The number of amides is 1. The number of nitrogens with two attached hydrogens (primary N) is 1. The second-order valence-electron chi connectivity index (χ2n) is 4.79. The van der Waals surface area contributed by atoms with Crippen molar-refractivity contribution in [2.45, 2.75) is 38.8 Å². The largest absolute Gasteiger partial charge is 0.344 e. The van der Waals surface area contributed by atoms with Crippen molar-refractivity contribution < 1.29 is 9.59 Å². The SMILES string of the molecule is CCC(C)C([C]=O)NC(=O)C(N)Cc1ccccc1. The molecule has 4 nitrogen and oxygen atoms in total. The van der Waals surface area contributed by atoms with E-state index in [1.807, 2.05) is 50.5 Å². The van der Waals surface area contributed by atoms with E-state index in [4.69, 9.17) is 5.73 Å². The van der Waals surface area contributed by atoms with Gasteiger partial charge in [-0.1, -0.05) is 50.6 Å². The fourth-order valence-corrected chi connectivity index (χ4v) is 1.74. The van der Waals surface area contributed by atoms with Gasteiger partial charge in [0, 0.05) is 0 Å². The van der Waals surface area contributed by atoms with Crippen molar-refractivity contribution in [3.63, 3.8) is 0 Å². The quantitative estimate of drug-likeness (QED) is 0.774. The van der Waals surface area contributed by atoms with Gasteiger partial charge < -0.3 is 11.1 Å². The first kappa shape index (κ1) is 15.4. The molecule has 0 saturated heterocycles. The first-order valence-electron chi connectivity index (χ1n) is 6.56. The molecule has 0 spiro atoms. The predicted molar refractivity (Wildman–Crippen MR) is 75.2 cm³/mol. The first-order valence-corrected chi connectivity index (χ1v) is 6.56. The van der Waals surface area contributed by atoms with Gasteiger partial charge in [0.1, 0.15) is 0 Å². The Morgan fingerprint density at radius 2 is 2.00 bits per heavy atom. The van der Waals surface area contributed by atoms with E-state index in [-0.39, 0.29) is 11.8 Å². The third-order valence-corrected chi connectivity index (χ3v) is 3.27. The van der Waals surface area contributed by atoms with E-state index in [0.717, 1.165) is 12.0 Å². The highest BCUT2D eigenvalue weighted by atomic mass is 16.2. The van der Waals surface area contributed by atoms with Crippen LogP contribution in [0.3, 0.4) is 0 Å². The molecule has 1 radical (unpaired) electrons. The van der Waals surface area contributed by atoms with Gasteiger partial charge in [0.25, 0.3) is 0 Å². The Bertz CT molecular complexity index is 406. The minimum Gasteiger partial charge on any atom is -0.344 e. The molecule has 1 amide bonds. The van der Waals surface area contributed by atoms with E-state index in [9.17, 15) is 9.59 Å². The Morgan fingerprint density at radius 1 is 1.37 bits per heavy atom. The van der Waals surface area contributed by atoms with Gasteiger partial charge in [0.15, 0.2) is 0 Å². The zero-order chi connectivity index (χ0) is 14.3. The Hall–Kier alpha value is -1.68. The van der Waals surface area contributed by atoms with Crippen LogP contribution in [0.25, 0.3) is 0 Å². The van der Waals surface area contributed by atoms with Crippen LogP contribution in [-0.2, 0) is 16.0 Å². The van der Waals surface area contributed by atoms with Crippen LogP contribution in [0.2, 0.25) is 0 Å². The zero-order valence-corrected chi connectivity index (χ0v) is 11.4. The Morgan fingerprint density at radius 3 is 2.53 bits per heavy atom. The van der Waals surface area contributed by atoms with Crippen LogP contribution in [0.5, 0.6) is 0 Å². The summed E-state index contributed by atoms with van der Waals surface area (Å²) in [5.74, 6) is -0.247. The van der Waals surface area contributed by atoms with Gasteiger partial charge in [-0.25, -0.2) is 0 Å². The first-order chi connectivity index (χ1) is 9.08. The molecule has 1 rings (SSSR count). The topological polar surface area (TPSA) is 72.2 Å². The summed E-state index contributed by atoms with van der Waals surface area (Å²) in [4.78, 5) is 22.8. The molecule has 0 aliphatic rings. The van der Waals surface area contributed by atoms with Crippen molar-refractivity contribution in [1.82, 2.24) is 5.32 Å². The van der Waals surface area contributed by atoms with Gasteiger partial charge in [0.05, 0.1) is 12.1 Å². The third-order valence-electron chi connectivity index (χ3n) is 3.27. The molecule has 3 atom stereocenters. The maximum Gasteiger partial charge on any atom is 0.237 e. The van der Waals surface area contributed by atoms with Crippen molar-refractivity contribution in [3.05, 3.63) is 35.9 Å². The van der Waals surface area contributed by atoms with Crippen LogP contribution in [0, 0.1) is 5.92 Å². The Balaban J connectivity index is 2.55. The van der Waals surface area contributed by atoms with Crippen molar-refractivity contribution in [1.29, 1.82) is 0 Å². The number of benzene rings is 1. The molecule has 19 heavy (non-hydrogen) atoms. The lowest BCUT2D eigenvalue weighted by atomic mass is 9.99. The zero-order valence-electron chi connectivity index (χ0n) is 11.4. The number of rotatable bonds is 7. The van der Waals surface area contributed by atoms with E-state index in [1.165, 1.54) is 0 Å². The molecule has 0 fully saturated rings. The van der Waals surface area contributed by atoms with Crippen LogP contribution >= 0.6 is 0 Å². The lowest BCUT2D eigenvalue weighted by molar-refractivity contribution is -0.122. The molecular weight excluding hydrogens is 240 g/mol. The average Bonchev–Trinajstić information content (AvgIpc) is 2.44. The number of hydrogen-bond donors (Lipinski definition) is 2. The second-order valence-corrected chi connectivity index (χ2v) is 4.79. The molecule has 0 heterocycles. The van der Waals surface area contributed by atoms with Crippen LogP contribution < -0.4 is 11.1 Å².